The van der Waals surface area contributed by atoms with Crippen molar-refractivity contribution < 1.29 is 9.26 Å². The van der Waals surface area contributed by atoms with Gasteiger partial charge >= 0.3 is 0 Å². The van der Waals surface area contributed by atoms with Crippen molar-refractivity contribution in [3.63, 3.8) is 0 Å². The lowest BCUT2D eigenvalue weighted by Gasteiger charge is -2.19. The van der Waals surface area contributed by atoms with E-state index < -0.39 is 0 Å². The van der Waals surface area contributed by atoms with E-state index in [2.05, 4.69) is 10.1 Å². The maximum Gasteiger partial charge on any atom is 0.144 e. The number of benzene rings is 1. The Labute approximate surface area is 112 Å². The van der Waals surface area contributed by atoms with Crippen molar-refractivity contribution in [2.24, 2.45) is 0 Å². The predicted octanol–water partition coefficient (Wildman–Crippen LogP) is 2.60. The fourth-order valence-electron chi connectivity index (χ4n) is 1.87. The molecule has 0 amide bonds. The summed E-state index contributed by atoms with van der Waals surface area (Å²) in [7, 11) is 1.99. The Hall–Kier alpha value is -2.17. The van der Waals surface area contributed by atoms with Crippen molar-refractivity contribution in [2.75, 3.05) is 24.3 Å². The second kappa shape index (κ2) is 5.65. The van der Waals surface area contributed by atoms with Crippen LogP contribution in [0, 0.1) is 6.92 Å². The summed E-state index contributed by atoms with van der Waals surface area (Å²) < 4.78 is 10.6. The van der Waals surface area contributed by atoms with Gasteiger partial charge in [-0.2, -0.15) is 0 Å². The molecule has 1 aromatic carbocycles. The number of anilines is 2. The first-order chi connectivity index (χ1) is 9.10. The van der Waals surface area contributed by atoms with Gasteiger partial charge in [0.1, 0.15) is 17.2 Å². The van der Waals surface area contributed by atoms with E-state index in [1.165, 1.54) is 0 Å². The molecule has 0 radical (unpaired) electrons. The number of rotatable bonds is 5. The maximum atomic E-state index is 5.86. The Morgan fingerprint density at radius 1 is 1.37 bits per heavy atom. The van der Waals surface area contributed by atoms with E-state index in [0.29, 0.717) is 24.6 Å². The minimum atomic E-state index is 0.597. The fourth-order valence-corrected chi connectivity index (χ4v) is 1.87. The molecule has 0 unspecified atom stereocenters. The van der Waals surface area contributed by atoms with Crippen LogP contribution in [0.1, 0.15) is 18.4 Å². The summed E-state index contributed by atoms with van der Waals surface area (Å²) in [6.07, 6.45) is 0. The minimum Gasteiger partial charge on any atom is -0.492 e. The van der Waals surface area contributed by atoms with Crippen LogP contribution in [0.4, 0.5) is 11.4 Å². The highest BCUT2D eigenvalue weighted by Gasteiger charge is 2.08. The molecule has 1 aromatic heterocycles. The van der Waals surface area contributed by atoms with Crippen molar-refractivity contribution in [3.8, 4) is 5.75 Å². The summed E-state index contributed by atoms with van der Waals surface area (Å²) in [6.45, 7) is 5.09. The Bertz CT molecular complexity index is 551. The number of ether oxygens (including phenoxy) is 1. The van der Waals surface area contributed by atoms with Crippen molar-refractivity contribution >= 4 is 11.4 Å². The number of nitrogens with zero attached hydrogens (tertiary/aromatic N) is 2. The summed E-state index contributed by atoms with van der Waals surface area (Å²) in [5.74, 6) is 1.53. The fraction of sp³-hybridized carbons (Fsp3) is 0.357. The van der Waals surface area contributed by atoms with Crippen LogP contribution in [0.3, 0.4) is 0 Å². The van der Waals surface area contributed by atoms with E-state index in [1.54, 1.807) is 0 Å². The number of hydrogen-bond donors (Lipinski definition) is 1. The van der Waals surface area contributed by atoms with Gasteiger partial charge in [-0.05, 0) is 26.0 Å². The topological polar surface area (TPSA) is 64.5 Å². The van der Waals surface area contributed by atoms with Gasteiger partial charge in [-0.3, -0.25) is 0 Å². The van der Waals surface area contributed by atoms with E-state index in [-0.39, 0.29) is 0 Å². The van der Waals surface area contributed by atoms with Crippen molar-refractivity contribution in [1.29, 1.82) is 0 Å². The van der Waals surface area contributed by atoms with Gasteiger partial charge in [0.05, 0.1) is 18.8 Å². The maximum absolute atomic E-state index is 5.86. The highest BCUT2D eigenvalue weighted by Crippen LogP contribution is 2.27. The first kappa shape index (κ1) is 13.3. The first-order valence-electron chi connectivity index (χ1n) is 6.25. The van der Waals surface area contributed by atoms with Gasteiger partial charge in [-0.25, -0.2) is 0 Å². The minimum absolute atomic E-state index is 0.597. The molecule has 0 spiro atoms. The molecule has 0 aliphatic carbocycles. The molecule has 2 rings (SSSR count). The molecule has 5 heteroatoms. The average molecular weight is 261 g/mol. The van der Waals surface area contributed by atoms with Gasteiger partial charge in [0.2, 0.25) is 0 Å². The van der Waals surface area contributed by atoms with Crippen LogP contribution in [0.15, 0.2) is 28.8 Å². The van der Waals surface area contributed by atoms with Crippen LogP contribution in [0.5, 0.6) is 5.75 Å². The third-order valence-corrected chi connectivity index (χ3v) is 2.81. The van der Waals surface area contributed by atoms with E-state index in [1.807, 2.05) is 45.2 Å². The Morgan fingerprint density at radius 2 is 2.16 bits per heavy atom. The summed E-state index contributed by atoms with van der Waals surface area (Å²) in [5, 5.41) is 3.98. The third-order valence-electron chi connectivity index (χ3n) is 2.81. The molecule has 0 bridgehead atoms. The second-order valence-electron chi connectivity index (χ2n) is 4.44. The van der Waals surface area contributed by atoms with Gasteiger partial charge in [-0.1, -0.05) is 5.16 Å². The molecule has 0 aliphatic heterocycles. The van der Waals surface area contributed by atoms with Crippen LogP contribution >= 0.6 is 0 Å². The van der Waals surface area contributed by atoms with E-state index in [9.17, 15) is 0 Å². The molecule has 5 nitrogen and oxygen atoms in total. The predicted molar refractivity (Wildman–Crippen MR) is 75.4 cm³/mol. The van der Waals surface area contributed by atoms with Crippen LogP contribution < -0.4 is 15.4 Å². The zero-order valence-electron chi connectivity index (χ0n) is 11.5. The van der Waals surface area contributed by atoms with Crippen molar-refractivity contribution in [1.82, 2.24) is 5.16 Å². The largest absolute Gasteiger partial charge is 0.492 e. The highest BCUT2D eigenvalue weighted by atomic mass is 16.5. The molecule has 0 fully saturated rings. The molecule has 0 aliphatic rings. The number of aromatic nitrogens is 1. The Balaban J connectivity index is 2.14. The first-order valence-corrected chi connectivity index (χ1v) is 6.25. The lowest BCUT2D eigenvalue weighted by molar-refractivity contribution is 0.342. The molecule has 19 heavy (non-hydrogen) atoms. The van der Waals surface area contributed by atoms with Gasteiger partial charge in [0.15, 0.2) is 0 Å². The third kappa shape index (κ3) is 3.19. The second-order valence-corrected chi connectivity index (χ2v) is 4.44. The van der Waals surface area contributed by atoms with Crippen LogP contribution in [-0.4, -0.2) is 18.8 Å². The van der Waals surface area contributed by atoms with Crippen LogP contribution in [-0.2, 0) is 6.54 Å². The molecule has 2 N–H and O–H groups in total. The summed E-state index contributed by atoms with van der Waals surface area (Å²) in [5.41, 5.74) is 8.43. The summed E-state index contributed by atoms with van der Waals surface area (Å²) in [6, 6.07) is 7.68. The lowest BCUT2D eigenvalue weighted by Crippen LogP contribution is -2.16. The van der Waals surface area contributed by atoms with E-state index in [4.69, 9.17) is 15.0 Å². The quantitative estimate of drug-likeness (QED) is 0.838. The molecular weight excluding hydrogens is 242 g/mol. The van der Waals surface area contributed by atoms with Crippen molar-refractivity contribution in [2.45, 2.75) is 20.4 Å². The van der Waals surface area contributed by atoms with Gasteiger partial charge in [0, 0.05) is 24.9 Å². The molecular formula is C14H19N3O2. The van der Waals surface area contributed by atoms with Crippen LogP contribution in [0.25, 0.3) is 0 Å². The normalized spacial score (nSPS) is 10.5. The summed E-state index contributed by atoms with van der Waals surface area (Å²) in [4.78, 5) is 2.07. The van der Waals surface area contributed by atoms with E-state index >= 15 is 0 Å². The number of nitrogens with two attached hydrogens (primary N) is 1. The molecule has 0 saturated carbocycles. The average Bonchev–Trinajstić information content (AvgIpc) is 2.77. The molecule has 0 saturated heterocycles. The number of aryl methyl sites for hydroxylation is 1. The van der Waals surface area contributed by atoms with Crippen LogP contribution in [0.2, 0.25) is 0 Å². The molecule has 102 valence electrons. The zero-order valence-corrected chi connectivity index (χ0v) is 11.5. The Morgan fingerprint density at radius 3 is 2.79 bits per heavy atom. The molecule has 2 aromatic rings. The standard InChI is InChI=1S/C14H19N3O2/c1-4-18-14-8-12(5-6-13(14)15)17(3)9-11-7-10(2)19-16-11/h5-8H,4,9,15H2,1-3H3. The van der Waals surface area contributed by atoms with Gasteiger partial charge < -0.3 is 19.9 Å². The lowest BCUT2D eigenvalue weighted by atomic mass is 10.2. The molecule has 0 atom stereocenters. The molecule has 1 heterocycles. The number of hydrogen-bond acceptors (Lipinski definition) is 5. The van der Waals surface area contributed by atoms with Gasteiger partial charge in [0.25, 0.3) is 0 Å². The monoisotopic (exact) mass is 261 g/mol. The smallest absolute Gasteiger partial charge is 0.144 e. The Kier molecular flexibility index (Phi) is 3.94. The highest BCUT2D eigenvalue weighted by molar-refractivity contribution is 5.62. The van der Waals surface area contributed by atoms with E-state index in [0.717, 1.165) is 17.1 Å². The van der Waals surface area contributed by atoms with Gasteiger partial charge in [-0.15, -0.1) is 0 Å². The SMILES string of the molecule is CCOc1cc(N(C)Cc2cc(C)on2)ccc1N. The van der Waals surface area contributed by atoms with Crippen molar-refractivity contribution in [3.05, 3.63) is 35.7 Å². The zero-order chi connectivity index (χ0) is 13.8. The summed E-state index contributed by atoms with van der Waals surface area (Å²) >= 11 is 0. The number of nitrogen functional groups attached to an aromatic ring is 1.